The molecule has 0 bridgehead atoms. The maximum absolute atomic E-state index is 11.6. The fraction of sp³-hybridized carbons (Fsp3) is 0.273. The summed E-state index contributed by atoms with van der Waals surface area (Å²) in [6, 6.07) is 1.77. The molecule has 0 radical (unpaired) electrons. The summed E-state index contributed by atoms with van der Waals surface area (Å²) in [5.74, 6) is -0.0509. The Balaban J connectivity index is 2.53. The van der Waals surface area contributed by atoms with Crippen molar-refractivity contribution < 1.29 is 4.79 Å². The van der Waals surface area contributed by atoms with E-state index in [1.54, 1.807) is 31.6 Å². The molecule has 0 saturated carbocycles. The Morgan fingerprint density at radius 3 is 2.75 bits per heavy atom. The van der Waals surface area contributed by atoms with Gasteiger partial charge < -0.3 is 0 Å². The van der Waals surface area contributed by atoms with Crippen molar-refractivity contribution in [3.8, 4) is 11.4 Å². The zero-order valence-electron chi connectivity index (χ0n) is 9.21. The van der Waals surface area contributed by atoms with Crippen LogP contribution < -0.4 is 0 Å². The first-order valence-electron chi connectivity index (χ1n) is 5.09. The molecule has 0 aliphatic rings. The van der Waals surface area contributed by atoms with Gasteiger partial charge >= 0.3 is 0 Å². The SMILES string of the molecule is CCC(=O)n1nccc1-c1nccnc1C. The van der Waals surface area contributed by atoms with E-state index in [2.05, 4.69) is 15.1 Å². The normalized spacial score (nSPS) is 10.4. The molecule has 0 aliphatic heterocycles. The van der Waals surface area contributed by atoms with Crippen LogP contribution in [0.3, 0.4) is 0 Å². The lowest BCUT2D eigenvalue weighted by Gasteiger charge is -2.05. The van der Waals surface area contributed by atoms with E-state index < -0.39 is 0 Å². The van der Waals surface area contributed by atoms with Gasteiger partial charge in [0.2, 0.25) is 5.91 Å². The minimum Gasteiger partial charge on any atom is -0.273 e. The molecule has 16 heavy (non-hydrogen) atoms. The molecule has 0 amide bonds. The lowest BCUT2D eigenvalue weighted by Crippen LogP contribution is -2.12. The monoisotopic (exact) mass is 216 g/mol. The van der Waals surface area contributed by atoms with Gasteiger partial charge in [-0.3, -0.25) is 14.8 Å². The Morgan fingerprint density at radius 2 is 2.06 bits per heavy atom. The van der Waals surface area contributed by atoms with Crippen LogP contribution >= 0.6 is 0 Å². The van der Waals surface area contributed by atoms with Gasteiger partial charge in [0, 0.05) is 18.8 Å². The Morgan fingerprint density at radius 1 is 1.31 bits per heavy atom. The van der Waals surface area contributed by atoms with Crippen molar-refractivity contribution in [2.24, 2.45) is 0 Å². The highest BCUT2D eigenvalue weighted by Crippen LogP contribution is 2.18. The molecule has 82 valence electrons. The zero-order chi connectivity index (χ0) is 11.5. The second-order valence-corrected chi connectivity index (χ2v) is 3.37. The summed E-state index contributed by atoms with van der Waals surface area (Å²) in [5, 5.41) is 4.00. The first-order chi connectivity index (χ1) is 7.74. The van der Waals surface area contributed by atoms with Crippen LogP contribution in [0.5, 0.6) is 0 Å². The molecule has 5 heteroatoms. The second-order valence-electron chi connectivity index (χ2n) is 3.37. The van der Waals surface area contributed by atoms with Gasteiger partial charge in [-0.05, 0) is 13.0 Å². The van der Waals surface area contributed by atoms with Crippen molar-refractivity contribution in [2.75, 3.05) is 0 Å². The molecule has 2 rings (SSSR count). The predicted molar refractivity (Wildman–Crippen MR) is 58.9 cm³/mol. The molecule has 0 atom stereocenters. The van der Waals surface area contributed by atoms with Crippen LogP contribution in [0.25, 0.3) is 11.4 Å². The highest BCUT2D eigenvalue weighted by molar-refractivity contribution is 5.82. The molecule has 2 aromatic heterocycles. The van der Waals surface area contributed by atoms with Crippen LogP contribution in [0.4, 0.5) is 0 Å². The Bertz CT molecular complexity index is 518. The van der Waals surface area contributed by atoms with Crippen molar-refractivity contribution in [3.63, 3.8) is 0 Å². The minimum atomic E-state index is -0.0509. The number of aromatic nitrogens is 4. The number of hydrogen-bond acceptors (Lipinski definition) is 4. The van der Waals surface area contributed by atoms with Gasteiger partial charge in [-0.2, -0.15) is 9.78 Å². The molecular formula is C11H12N4O. The van der Waals surface area contributed by atoms with E-state index in [1.165, 1.54) is 4.68 Å². The quantitative estimate of drug-likeness (QED) is 0.766. The first kappa shape index (κ1) is 10.5. The number of carbonyl (C=O) groups excluding carboxylic acids is 1. The van der Waals surface area contributed by atoms with Gasteiger partial charge in [-0.25, -0.2) is 0 Å². The predicted octanol–water partition coefficient (Wildman–Crippen LogP) is 1.70. The highest BCUT2D eigenvalue weighted by atomic mass is 16.2. The Hall–Kier alpha value is -2.04. The molecule has 0 saturated heterocycles. The number of hydrogen-bond donors (Lipinski definition) is 0. The lowest BCUT2D eigenvalue weighted by atomic mass is 10.2. The van der Waals surface area contributed by atoms with Gasteiger partial charge in [-0.15, -0.1) is 0 Å². The van der Waals surface area contributed by atoms with Crippen LogP contribution in [0, 0.1) is 6.92 Å². The van der Waals surface area contributed by atoms with Gasteiger partial charge in [0.25, 0.3) is 0 Å². The minimum absolute atomic E-state index is 0.0509. The third-order valence-electron chi connectivity index (χ3n) is 2.31. The average Bonchev–Trinajstić information content (AvgIpc) is 2.77. The van der Waals surface area contributed by atoms with Crippen molar-refractivity contribution in [1.29, 1.82) is 0 Å². The molecular weight excluding hydrogens is 204 g/mol. The molecule has 0 aromatic carbocycles. The molecule has 0 N–H and O–H groups in total. The van der Waals surface area contributed by atoms with E-state index >= 15 is 0 Å². The van der Waals surface area contributed by atoms with Crippen molar-refractivity contribution in [1.82, 2.24) is 19.7 Å². The van der Waals surface area contributed by atoms with Gasteiger partial charge in [0.15, 0.2) is 0 Å². The summed E-state index contributed by atoms with van der Waals surface area (Å²) in [6.07, 6.45) is 5.24. The summed E-state index contributed by atoms with van der Waals surface area (Å²) in [7, 11) is 0. The molecule has 2 heterocycles. The number of nitrogens with zero attached hydrogens (tertiary/aromatic N) is 4. The average molecular weight is 216 g/mol. The smallest absolute Gasteiger partial charge is 0.247 e. The number of rotatable bonds is 2. The maximum atomic E-state index is 11.6. The fourth-order valence-corrected chi connectivity index (χ4v) is 1.49. The third-order valence-corrected chi connectivity index (χ3v) is 2.31. The van der Waals surface area contributed by atoms with Gasteiger partial charge in [0.05, 0.1) is 17.6 Å². The van der Waals surface area contributed by atoms with Crippen LogP contribution in [-0.2, 0) is 0 Å². The number of aryl methyl sites for hydroxylation is 1. The summed E-state index contributed by atoms with van der Waals surface area (Å²) in [6.45, 7) is 3.66. The lowest BCUT2D eigenvalue weighted by molar-refractivity contribution is 0.0895. The maximum Gasteiger partial charge on any atom is 0.247 e. The van der Waals surface area contributed by atoms with E-state index in [1.807, 2.05) is 6.92 Å². The van der Waals surface area contributed by atoms with E-state index in [0.29, 0.717) is 17.8 Å². The van der Waals surface area contributed by atoms with Crippen molar-refractivity contribution in [2.45, 2.75) is 20.3 Å². The molecule has 0 fully saturated rings. The van der Waals surface area contributed by atoms with Gasteiger partial charge in [0.1, 0.15) is 5.69 Å². The van der Waals surface area contributed by atoms with E-state index in [0.717, 1.165) is 5.69 Å². The van der Waals surface area contributed by atoms with Crippen LogP contribution in [-0.4, -0.2) is 25.7 Å². The first-order valence-corrected chi connectivity index (χ1v) is 5.09. The molecule has 0 unspecified atom stereocenters. The third kappa shape index (κ3) is 1.71. The topological polar surface area (TPSA) is 60.7 Å². The molecule has 5 nitrogen and oxygen atoms in total. The van der Waals surface area contributed by atoms with Crippen molar-refractivity contribution >= 4 is 5.91 Å². The van der Waals surface area contributed by atoms with Crippen LogP contribution in [0.2, 0.25) is 0 Å². The highest BCUT2D eigenvalue weighted by Gasteiger charge is 2.13. The standard InChI is InChI=1S/C11H12N4O/c1-3-10(16)15-9(4-5-14-15)11-8(2)12-6-7-13-11/h4-7H,3H2,1-2H3. The van der Waals surface area contributed by atoms with Crippen LogP contribution in [0.15, 0.2) is 24.7 Å². The van der Waals surface area contributed by atoms with E-state index in [-0.39, 0.29) is 5.91 Å². The number of carbonyl (C=O) groups is 1. The molecule has 0 spiro atoms. The summed E-state index contributed by atoms with van der Waals surface area (Å²) in [4.78, 5) is 20.0. The zero-order valence-corrected chi connectivity index (χ0v) is 9.21. The van der Waals surface area contributed by atoms with Crippen molar-refractivity contribution in [3.05, 3.63) is 30.4 Å². The Labute approximate surface area is 93.2 Å². The summed E-state index contributed by atoms with van der Waals surface area (Å²) < 4.78 is 1.37. The van der Waals surface area contributed by atoms with Gasteiger partial charge in [-0.1, -0.05) is 6.92 Å². The Kier molecular flexibility index (Phi) is 2.76. The summed E-state index contributed by atoms with van der Waals surface area (Å²) >= 11 is 0. The largest absolute Gasteiger partial charge is 0.273 e. The molecule has 2 aromatic rings. The summed E-state index contributed by atoms with van der Waals surface area (Å²) in [5.41, 5.74) is 2.17. The van der Waals surface area contributed by atoms with E-state index in [4.69, 9.17) is 0 Å². The fourth-order valence-electron chi connectivity index (χ4n) is 1.49. The van der Waals surface area contributed by atoms with Crippen LogP contribution in [0.1, 0.15) is 23.8 Å². The molecule has 0 aliphatic carbocycles. The second kappa shape index (κ2) is 4.22. The van der Waals surface area contributed by atoms with E-state index in [9.17, 15) is 4.79 Å².